The van der Waals surface area contributed by atoms with E-state index in [1.165, 1.54) is 0 Å². The Bertz CT molecular complexity index is 145. The SMILES string of the molecule is CCN(CC)C(=O)OCCN(C)C. The van der Waals surface area contributed by atoms with Gasteiger partial charge < -0.3 is 14.5 Å². The van der Waals surface area contributed by atoms with Crippen molar-refractivity contribution in [3.63, 3.8) is 0 Å². The maximum Gasteiger partial charge on any atom is 0.409 e. The zero-order valence-corrected chi connectivity index (χ0v) is 9.04. The lowest BCUT2D eigenvalue weighted by Gasteiger charge is -2.18. The van der Waals surface area contributed by atoms with E-state index < -0.39 is 0 Å². The van der Waals surface area contributed by atoms with Gasteiger partial charge >= 0.3 is 6.09 Å². The van der Waals surface area contributed by atoms with Crippen molar-refractivity contribution in [3.05, 3.63) is 0 Å². The van der Waals surface area contributed by atoms with Gasteiger partial charge in [-0.15, -0.1) is 0 Å². The molecule has 13 heavy (non-hydrogen) atoms. The highest BCUT2D eigenvalue weighted by molar-refractivity contribution is 5.67. The Morgan fingerprint density at radius 2 is 1.77 bits per heavy atom. The molecule has 0 aliphatic rings. The summed E-state index contributed by atoms with van der Waals surface area (Å²) in [6, 6.07) is 0. The summed E-state index contributed by atoms with van der Waals surface area (Å²) in [5, 5.41) is 0. The second-order valence-electron chi connectivity index (χ2n) is 3.09. The average Bonchev–Trinajstić information content (AvgIpc) is 2.05. The second kappa shape index (κ2) is 6.71. The summed E-state index contributed by atoms with van der Waals surface area (Å²) in [6.07, 6.45) is -0.216. The van der Waals surface area contributed by atoms with Crippen LogP contribution >= 0.6 is 0 Å². The zero-order valence-electron chi connectivity index (χ0n) is 9.04. The third kappa shape index (κ3) is 5.47. The molecule has 4 heteroatoms. The monoisotopic (exact) mass is 188 g/mol. The highest BCUT2D eigenvalue weighted by atomic mass is 16.6. The van der Waals surface area contributed by atoms with Crippen LogP contribution in [0.1, 0.15) is 13.8 Å². The third-order valence-corrected chi connectivity index (χ3v) is 1.79. The first-order chi connectivity index (χ1) is 6.11. The summed E-state index contributed by atoms with van der Waals surface area (Å²) in [5.41, 5.74) is 0. The Morgan fingerprint density at radius 3 is 2.15 bits per heavy atom. The molecule has 0 fully saturated rings. The van der Waals surface area contributed by atoms with E-state index in [0.717, 1.165) is 6.54 Å². The van der Waals surface area contributed by atoms with Crippen LogP contribution in [0.25, 0.3) is 0 Å². The summed E-state index contributed by atoms with van der Waals surface area (Å²) < 4.78 is 5.04. The lowest BCUT2D eigenvalue weighted by atomic mass is 10.5. The topological polar surface area (TPSA) is 32.8 Å². The minimum atomic E-state index is -0.216. The number of rotatable bonds is 5. The molecule has 0 rings (SSSR count). The van der Waals surface area contributed by atoms with E-state index in [1.54, 1.807) is 4.90 Å². The van der Waals surface area contributed by atoms with Gasteiger partial charge in [-0.3, -0.25) is 0 Å². The van der Waals surface area contributed by atoms with Gasteiger partial charge in [0.1, 0.15) is 6.61 Å². The molecular weight excluding hydrogens is 168 g/mol. The molecule has 0 saturated heterocycles. The lowest BCUT2D eigenvalue weighted by molar-refractivity contribution is 0.0995. The number of amides is 1. The second-order valence-corrected chi connectivity index (χ2v) is 3.09. The van der Waals surface area contributed by atoms with E-state index in [9.17, 15) is 4.79 Å². The molecule has 0 aliphatic heterocycles. The van der Waals surface area contributed by atoms with E-state index in [-0.39, 0.29) is 6.09 Å². The predicted octanol–water partition coefficient (Wildman–Crippen LogP) is 1.03. The van der Waals surface area contributed by atoms with Crippen LogP contribution in [0.4, 0.5) is 4.79 Å². The van der Waals surface area contributed by atoms with Crippen molar-refractivity contribution in [2.45, 2.75) is 13.8 Å². The minimum absolute atomic E-state index is 0.216. The molecule has 0 bridgehead atoms. The van der Waals surface area contributed by atoms with Crippen LogP contribution in [0.5, 0.6) is 0 Å². The Labute approximate surface area is 80.5 Å². The fraction of sp³-hybridized carbons (Fsp3) is 0.889. The number of likely N-dealkylation sites (N-methyl/N-ethyl adjacent to an activating group) is 1. The molecule has 1 amide bonds. The Morgan fingerprint density at radius 1 is 1.23 bits per heavy atom. The molecule has 0 aromatic carbocycles. The number of hydrogen-bond acceptors (Lipinski definition) is 3. The van der Waals surface area contributed by atoms with E-state index in [1.807, 2.05) is 32.8 Å². The molecule has 0 aliphatic carbocycles. The maximum atomic E-state index is 11.3. The van der Waals surface area contributed by atoms with E-state index >= 15 is 0 Å². The van der Waals surface area contributed by atoms with Gasteiger partial charge in [-0.2, -0.15) is 0 Å². The van der Waals surface area contributed by atoms with Gasteiger partial charge in [-0.1, -0.05) is 0 Å². The smallest absolute Gasteiger partial charge is 0.409 e. The fourth-order valence-electron chi connectivity index (χ4n) is 0.889. The first-order valence-electron chi connectivity index (χ1n) is 4.68. The number of carbonyl (C=O) groups is 1. The molecule has 0 aromatic rings. The lowest BCUT2D eigenvalue weighted by Crippen LogP contribution is -2.32. The number of ether oxygens (including phenoxy) is 1. The van der Waals surface area contributed by atoms with Crippen LogP contribution in [0.3, 0.4) is 0 Å². The number of hydrogen-bond donors (Lipinski definition) is 0. The van der Waals surface area contributed by atoms with Gasteiger partial charge in [0.25, 0.3) is 0 Å². The van der Waals surface area contributed by atoms with Crippen molar-refractivity contribution in [2.75, 3.05) is 40.3 Å². The molecular formula is C9H20N2O2. The van der Waals surface area contributed by atoms with Crippen molar-refractivity contribution in [1.82, 2.24) is 9.80 Å². The van der Waals surface area contributed by atoms with Crippen molar-refractivity contribution >= 4 is 6.09 Å². The predicted molar refractivity (Wildman–Crippen MR) is 52.8 cm³/mol. The molecule has 0 radical (unpaired) electrons. The number of nitrogens with zero attached hydrogens (tertiary/aromatic N) is 2. The van der Waals surface area contributed by atoms with E-state index in [2.05, 4.69) is 0 Å². The Hall–Kier alpha value is -0.770. The molecule has 0 saturated carbocycles. The van der Waals surface area contributed by atoms with Crippen LogP contribution in [0.2, 0.25) is 0 Å². The van der Waals surface area contributed by atoms with Crippen LogP contribution in [-0.2, 0) is 4.74 Å². The molecule has 0 spiro atoms. The molecule has 0 N–H and O–H groups in total. The van der Waals surface area contributed by atoms with Gasteiger partial charge in [0.2, 0.25) is 0 Å². The zero-order chi connectivity index (χ0) is 10.3. The maximum absolute atomic E-state index is 11.3. The van der Waals surface area contributed by atoms with Crippen LogP contribution < -0.4 is 0 Å². The van der Waals surface area contributed by atoms with Crippen molar-refractivity contribution < 1.29 is 9.53 Å². The average molecular weight is 188 g/mol. The van der Waals surface area contributed by atoms with Crippen LogP contribution in [-0.4, -0.2) is 56.2 Å². The number of carbonyl (C=O) groups excluding carboxylic acids is 1. The third-order valence-electron chi connectivity index (χ3n) is 1.79. The normalized spacial score (nSPS) is 10.2. The van der Waals surface area contributed by atoms with Gasteiger partial charge in [0.15, 0.2) is 0 Å². The van der Waals surface area contributed by atoms with Gasteiger partial charge in [-0.05, 0) is 27.9 Å². The molecule has 0 atom stereocenters. The van der Waals surface area contributed by atoms with Gasteiger partial charge in [0, 0.05) is 19.6 Å². The van der Waals surface area contributed by atoms with E-state index in [4.69, 9.17) is 4.74 Å². The van der Waals surface area contributed by atoms with E-state index in [0.29, 0.717) is 19.7 Å². The van der Waals surface area contributed by atoms with Crippen LogP contribution in [0, 0.1) is 0 Å². The summed E-state index contributed by atoms with van der Waals surface area (Å²) in [5.74, 6) is 0. The quantitative estimate of drug-likeness (QED) is 0.646. The van der Waals surface area contributed by atoms with Gasteiger partial charge in [0.05, 0.1) is 0 Å². The van der Waals surface area contributed by atoms with Crippen molar-refractivity contribution in [2.24, 2.45) is 0 Å². The molecule has 4 nitrogen and oxygen atoms in total. The van der Waals surface area contributed by atoms with Gasteiger partial charge in [-0.25, -0.2) is 4.79 Å². The fourth-order valence-corrected chi connectivity index (χ4v) is 0.889. The Kier molecular flexibility index (Phi) is 6.32. The standard InChI is InChI=1S/C9H20N2O2/c1-5-11(6-2)9(12)13-8-7-10(3)4/h5-8H2,1-4H3. The summed E-state index contributed by atoms with van der Waals surface area (Å²) in [6.45, 7) is 6.53. The summed E-state index contributed by atoms with van der Waals surface area (Å²) in [4.78, 5) is 14.9. The molecule has 0 unspecified atom stereocenters. The molecule has 0 heterocycles. The molecule has 78 valence electrons. The minimum Gasteiger partial charge on any atom is -0.448 e. The van der Waals surface area contributed by atoms with Crippen molar-refractivity contribution in [1.29, 1.82) is 0 Å². The largest absolute Gasteiger partial charge is 0.448 e. The van der Waals surface area contributed by atoms with Crippen molar-refractivity contribution in [3.8, 4) is 0 Å². The first kappa shape index (κ1) is 12.2. The highest BCUT2D eigenvalue weighted by Gasteiger charge is 2.09. The summed E-state index contributed by atoms with van der Waals surface area (Å²) in [7, 11) is 3.90. The first-order valence-corrected chi connectivity index (χ1v) is 4.68. The molecule has 0 aromatic heterocycles. The summed E-state index contributed by atoms with van der Waals surface area (Å²) >= 11 is 0. The van der Waals surface area contributed by atoms with Crippen LogP contribution in [0.15, 0.2) is 0 Å². The highest BCUT2D eigenvalue weighted by Crippen LogP contribution is 1.92. The Balaban J connectivity index is 3.60.